The van der Waals surface area contributed by atoms with E-state index in [9.17, 15) is 0 Å². The largest absolute Gasteiger partial charge is 0.495 e. The SMILES string of the molecule is Cc1c(P)cc(B2OC(C)(C)C(C)(C)O2)c2cc[nH]c12. The number of aromatic amines is 1. The first-order chi connectivity index (χ1) is 9.23. The van der Waals surface area contributed by atoms with Crippen LogP contribution in [0.2, 0.25) is 0 Å². The Morgan fingerprint density at radius 3 is 2.35 bits per heavy atom. The van der Waals surface area contributed by atoms with Crippen LogP contribution in [0.1, 0.15) is 33.3 Å². The Balaban J connectivity index is 2.13. The zero-order chi connectivity index (χ0) is 14.7. The van der Waals surface area contributed by atoms with Crippen molar-refractivity contribution in [2.45, 2.75) is 45.8 Å². The maximum atomic E-state index is 6.18. The van der Waals surface area contributed by atoms with E-state index in [0.29, 0.717) is 0 Å². The van der Waals surface area contributed by atoms with E-state index >= 15 is 0 Å². The minimum absolute atomic E-state index is 0.313. The molecule has 1 N–H and O–H groups in total. The normalized spacial score (nSPS) is 20.8. The predicted octanol–water partition coefficient (Wildman–Crippen LogP) is 2.28. The topological polar surface area (TPSA) is 34.2 Å². The Morgan fingerprint density at radius 1 is 1.15 bits per heavy atom. The minimum Gasteiger partial charge on any atom is -0.399 e. The van der Waals surface area contributed by atoms with Crippen molar-refractivity contribution in [3.8, 4) is 0 Å². The number of fused-ring (bicyclic) bond motifs is 1. The van der Waals surface area contributed by atoms with Gasteiger partial charge in [-0.2, -0.15) is 0 Å². The molecule has 1 aliphatic heterocycles. The summed E-state index contributed by atoms with van der Waals surface area (Å²) in [5.41, 5.74) is 2.87. The van der Waals surface area contributed by atoms with Crippen molar-refractivity contribution >= 4 is 38.0 Å². The summed E-state index contributed by atoms with van der Waals surface area (Å²) in [4.78, 5) is 3.31. The van der Waals surface area contributed by atoms with E-state index in [1.54, 1.807) is 0 Å². The van der Waals surface area contributed by atoms with Gasteiger partial charge in [0.05, 0.1) is 11.2 Å². The van der Waals surface area contributed by atoms with Gasteiger partial charge in [-0.15, -0.1) is 9.24 Å². The van der Waals surface area contributed by atoms with Gasteiger partial charge in [-0.05, 0) is 62.4 Å². The Labute approximate surface area is 122 Å². The summed E-state index contributed by atoms with van der Waals surface area (Å²) in [7, 11) is 2.47. The van der Waals surface area contributed by atoms with Crippen LogP contribution in [0.4, 0.5) is 0 Å². The van der Waals surface area contributed by atoms with Crippen molar-refractivity contribution in [3.63, 3.8) is 0 Å². The molecule has 0 bridgehead atoms. The third-order valence-corrected chi connectivity index (χ3v) is 5.28. The molecule has 0 amide bonds. The molecule has 2 heterocycles. The molecule has 3 nitrogen and oxygen atoms in total. The molecule has 0 radical (unpaired) electrons. The fraction of sp³-hybridized carbons (Fsp3) is 0.467. The summed E-state index contributed by atoms with van der Waals surface area (Å²) in [6, 6.07) is 4.24. The molecule has 20 heavy (non-hydrogen) atoms. The van der Waals surface area contributed by atoms with Crippen LogP contribution in [0, 0.1) is 6.92 Å². The van der Waals surface area contributed by atoms with E-state index in [1.165, 1.54) is 16.3 Å². The van der Waals surface area contributed by atoms with E-state index < -0.39 is 0 Å². The quantitative estimate of drug-likeness (QED) is 0.645. The van der Waals surface area contributed by atoms with E-state index in [2.05, 4.69) is 61.0 Å². The monoisotopic (exact) mass is 289 g/mol. The number of rotatable bonds is 1. The molecule has 1 aromatic carbocycles. The first-order valence-electron chi connectivity index (χ1n) is 6.95. The predicted molar refractivity (Wildman–Crippen MR) is 88.1 cm³/mol. The van der Waals surface area contributed by atoms with Crippen LogP contribution in [-0.4, -0.2) is 23.3 Å². The number of aromatic nitrogens is 1. The van der Waals surface area contributed by atoms with Gasteiger partial charge in [0.15, 0.2) is 0 Å². The molecule has 106 valence electrons. The van der Waals surface area contributed by atoms with Gasteiger partial charge in [0, 0.05) is 11.7 Å². The molecule has 1 aromatic heterocycles. The van der Waals surface area contributed by atoms with Gasteiger partial charge in [0.1, 0.15) is 0 Å². The minimum atomic E-state index is -0.321. The highest BCUT2D eigenvalue weighted by molar-refractivity contribution is 7.27. The Kier molecular flexibility index (Phi) is 3.06. The van der Waals surface area contributed by atoms with Crippen molar-refractivity contribution in [2.24, 2.45) is 0 Å². The number of benzene rings is 1. The molecule has 2 aromatic rings. The summed E-state index contributed by atoms with van der Waals surface area (Å²) in [6.45, 7) is 10.4. The van der Waals surface area contributed by atoms with Gasteiger partial charge in [-0.25, -0.2) is 0 Å². The molecular weight excluding hydrogens is 268 g/mol. The van der Waals surface area contributed by atoms with Crippen molar-refractivity contribution in [1.82, 2.24) is 4.98 Å². The highest BCUT2D eigenvalue weighted by atomic mass is 31.0. The Hall–Kier alpha value is -0.825. The highest BCUT2D eigenvalue weighted by Gasteiger charge is 2.52. The average molecular weight is 289 g/mol. The van der Waals surface area contributed by atoms with Gasteiger partial charge in [0.2, 0.25) is 0 Å². The van der Waals surface area contributed by atoms with Gasteiger partial charge in [-0.1, -0.05) is 6.07 Å². The fourth-order valence-electron chi connectivity index (χ4n) is 2.58. The van der Waals surface area contributed by atoms with Gasteiger partial charge < -0.3 is 14.3 Å². The van der Waals surface area contributed by atoms with Gasteiger partial charge in [0.25, 0.3) is 0 Å². The first-order valence-corrected chi connectivity index (χ1v) is 7.52. The van der Waals surface area contributed by atoms with Crippen LogP contribution in [0.3, 0.4) is 0 Å². The summed E-state index contributed by atoms with van der Waals surface area (Å²) in [5.74, 6) is 0. The first kappa shape index (κ1) is 14.1. The van der Waals surface area contributed by atoms with Gasteiger partial charge >= 0.3 is 7.12 Å². The van der Waals surface area contributed by atoms with Crippen LogP contribution in [-0.2, 0) is 9.31 Å². The molecule has 0 spiro atoms. The summed E-state index contributed by atoms with van der Waals surface area (Å²) in [5, 5.41) is 2.34. The Morgan fingerprint density at radius 2 is 1.75 bits per heavy atom. The van der Waals surface area contributed by atoms with Crippen LogP contribution in [0.25, 0.3) is 10.9 Å². The molecule has 5 heteroatoms. The van der Waals surface area contributed by atoms with E-state index in [1.807, 2.05) is 6.20 Å². The Bertz CT molecular complexity index is 662. The lowest BCUT2D eigenvalue weighted by Gasteiger charge is -2.32. The molecular formula is C15H21BNO2P. The average Bonchev–Trinajstić information content (AvgIpc) is 2.88. The molecule has 3 rings (SSSR count). The standard InChI is InChI=1S/C15H21BNO2P/c1-9-12(20)8-11(10-6-7-17-13(9)10)16-18-14(2,3)15(4,5)19-16/h6-8,17H,20H2,1-5H3. The van der Waals surface area contributed by atoms with Crippen molar-refractivity contribution < 1.29 is 9.31 Å². The summed E-state index contributed by atoms with van der Waals surface area (Å²) < 4.78 is 12.4. The third-order valence-electron chi connectivity index (χ3n) is 4.68. The lowest BCUT2D eigenvalue weighted by atomic mass is 9.76. The van der Waals surface area contributed by atoms with Crippen molar-refractivity contribution in [2.75, 3.05) is 0 Å². The molecule has 1 fully saturated rings. The number of nitrogens with one attached hydrogen (secondary N) is 1. The van der Waals surface area contributed by atoms with Gasteiger partial charge in [-0.3, -0.25) is 0 Å². The van der Waals surface area contributed by atoms with Crippen molar-refractivity contribution in [3.05, 3.63) is 23.9 Å². The fourth-order valence-corrected chi connectivity index (χ4v) is 2.91. The second-order valence-electron chi connectivity index (χ2n) is 6.53. The summed E-state index contributed by atoms with van der Waals surface area (Å²) >= 11 is 0. The number of aryl methyl sites for hydroxylation is 1. The van der Waals surface area contributed by atoms with E-state index in [-0.39, 0.29) is 18.3 Å². The van der Waals surface area contributed by atoms with E-state index in [4.69, 9.17) is 9.31 Å². The number of hydrogen-bond donors (Lipinski definition) is 1. The smallest absolute Gasteiger partial charge is 0.399 e. The molecule has 1 unspecified atom stereocenters. The second kappa shape index (κ2) is 4.33. The van der Waals surface area contributed by atoms with Crippen LogP contribution < -0.4 is 10.8 Å². The summed E-state index contributed by atoms with van der Waals surface area (Å²) in [6.07, 6.45) is 1.97. The zero-order valence-corrected chi connectivity index (χ0v) is 13.9. The third kappa shape index (κ3) is 1.94. The zero-order valence-electron chi connectivity index (χ0n) is 12.7. The highest BCUT2D eigenvalue weighted by Crippen LogP contribution is 2.37. The van der Waals surface area contributed by atoms with Crippen LogP contribution >= 0.6 is 9.24 Å². The maximum Gasteiger partial charge on any atom is 0.495 e. The second-order valence-corrected chi connectivity index (χ2v) is 7.16. The van der Waals surface area contributed by atoms with Crippen LogP contribution in [0.15, 0.2) is 18.3 Å². The lowest BCUT2D eigenvalue weighted by molar-refractivity contribution is 0.00578. The number of hydrogen-bond acceptors (Lipinski definition) is 2. The maximum absolute atomic E-state index is 6.18. The molecule has 1 saturated heterocycles. The molecule has 0 aliphatic carbocycles. The van der Waals surface area contributed by atoms with Crippen LogP contribution in [0.5, 0.6) is 0 Å². The molecule has 1 aliphatic rings. The number of H-pyrrole nitrogens is 1. The molecule has 0 saturated carbocycles. The van der Waals surface area contributed by atoms with Crippen molar-refractivity contribution in [1.29, 1.82) is 0 Å². The van der Waals surface area contributed by atoms with E-state index in [0.717, 1.165) is 11.0 Å². The lowest BCUT2D eigenvalue weighted by Crippen LogP contribution is -2.41. The molecule has 1 atom stereocenters.